The third kappa shape index (κ3) is 6.07. The number of rotatable bonds is 8. The van der Waals surface area contributed by atoms with E-state index in [-0.39, 0.29) is 18.5 Å². The van der Waals surface area contributed by atoms with Gasteiger partial charge < -0.3 is 10.6 Å². The number of hydrogen-bond donors (Lipinski definition) is 4. The summed E-state index contributed by atoms with van der Waals surface area (Å²) in [4.78, 5) is 23.7. The van der Waals surface area contributed by atoms with Crippen LogP contribution >= 0.6 is 0 Å². The summed E-state index contributed by atoms with van der Waals surface area (Å²) in [7, 11) is 0. The first-order chi connectivity index (χ1) is 12.9. The van der Waals surface area contributed by atoms with E-state index < -0.39 is 18.0 Å². The highest BCUT2D eigenvalue weighted by molar-refractivity contribution is 5.86. The van der Waals surface area contributed by atoms with Crippen molar-refractivity contribution < 1.29 is 14.8 Å². The lowest BCUT2D eigenvalue weighted by molar-refractivity contribution is -0.131. The summed E-state index contributed by atoms with van der Waals surface area (Å²) in [6.07, 6.45) is 2.18. The standard InChI is InChI=1S/C18H26N6O3/c1-12(2)9-16(17(25)22-27)20-18(26)19-10-15-11-24(23-21-15)13(3)14-7-5-4-6-8-14/h4-8,11-13,16,27H,9-10H2,1-3H3,(H,22,25)(H2,19,20,26)/t13?,16-/m0/s1. The highest BCUT2D eigenvalue weighted by atomic mass is 16.5. The van der Waals surface area contributed by atoms with Crippen molar-refractivity contribution in [2.24, 2.45) is 5.92 Å². The summed E-state index contributed by atoms with van der Waals surface area (Å²) in [6, 6.07) is 8.59. The van der Waals surface area contributed by atoms with Gasteiger partial charge >= 0.3 is 6.03 Å². The maximum atomic E-state index is 12.1. The minimum absolute atomic E-state index is 0.0185. The smallest absolute Gasteiger partial charge is 0.315 e. The molecule has 4 N–H and O–H groups in total. The third-order valence-corrected chi connectivity index (χ3v) is 4.11. The van der Waals surface area contributed by atoms with Crippen molar-refractivity contribution >= 4 is 11.9 Å². The Hall–Kier alpha value is -2.94. The molecule has 0 aliphatic heterocycles. The van der Waals surface area contributed by atoms with Crippen LogP contribution < -0.4 is 16.1 Å². The summed E-state index contributed by atoms with van der Waals surface area (Å²) < 4.78 is 1.73. The van der Waals surface area contributed by atoms with E-state index in [1.54, 1.807) is 16.4 Å². The SMILES string of the molecule is CC(C)C[C@H](NC(=O)NCc1cn(C(C)c2ccccc2)nn1)C(=O)NO. The van der Waals surface area contributed by atoms with Crippen molar-refractivity contribution in [1.29, 1.82) is 0 Å². The van der Waals surface area contributed by atoms with Gasteiger partial charge in [0.1, 0.15) is 11.7 Å². The number of carbonyl (C=O) groups is 2. The second kappa shape index (κ2) is 9.67. The summed E-state index contributed by atoms with van der Waals surface area (Å²) >= 11 is 0. The number of nitrogens with zero attached hydrogens (tertiary/aromatic N) is 3. The Morgan fingerprint density at radius 2 is 1.89 bits per heavy atom. The zero-order valence-corrected chi connectivity index (χ0v) is 15.7. The minimum Gasteiger partial charge on any atom is -0.332 e. The fourth-order valence-electron chi connectivity index (χ4n) is 2.63. The van der Waals surface area contributed by atoms with Gasteiger partial charge in [0, 0.05) is 0 Å². The number of carbonyl (C=O) groups excluding carboxylic acids is 2. The van der Waals surface area contributed by atoms with Gasteiger partial charge in [0.05, 0.1) is 18.8 Å². The molecule has 9 heteroatoms. The van der Waals surface area contributed by atoms with Gasteiger partial charge in [0.25, 0.3) is 5.91 Å². The molecule has 0 fully saturated rings. The van der Waals surface area contributed by atoms with E-state index in [4.69, 9.17) is 5.21 Å². The van der Waals surface area contributed by atoms with E-state index in [9.17, 15) is 9.59 Å². The van der Waals surface area contributed by atoms with Gasteiger partial charge in [-0.2, -0.15) is 0 Å². The molecule has 0 saturated heterocycles. The molecule has 1 aromatic heterocycles. The predicted octanol–water partition coefficient (Wildman–Crippen LogP) is 1.61. The maximum Gasteiger partial charge on any atom is 0.315 e. The lowest BCUT2D eigenvalue weighted by Gasteiger charge is -2.18. The summed E-state index contributed by atoms with van der Waals surface area (Å²) in [6.45, 7) is 6.02. The van der Waals surface area contributed by atoms with Crippen molar-refractivity contribution in [3.05, 3.63) is 47.8 Å². The van der Waals surface area contributed by atoms with Crippen LogP contribution in [0.5, 0.6) is 0 Å². The van der Waals surface area contributed by atoms with E-state index in [1.165, 1.54) is 0 Å². The lowest BCUT2D eigenvalue weighted by atomic mass is 10.0. The Labute approximate surface area is 158 Å². The molecule has 0 saturated carbocycles. The second-order valence-electron chi connectivity index (χ2n) is 6.76. The van der Waals surface area contributed by atoms with E-state index in [0.29, 0.717) is 12.1 Å². The highest BCUT2D eigenvalue weighted by Crippen LogP contribution is 2.16. The van der Waals surface area contributed by atoms with Gasteiger partial charge in [-0.05, 0) is 24.8 Å². The van der Waals surface area contributed by atoms with Crippen LogP contribution in [0, 0.1) is 5.92 Å². The number of hydrogen-bond acceptors (Lipinski definition) is 5. The van der Waals surface area contributed by atoms with Gasteiger partial charge in [-0.15, -0.1) is 5.10 Å². The van der Waals surface area contributed by atoms with Gasteiger partial charge in [0.15, 0.2) is 0 Å². The molecule has 2 rings (SSSR count). The summed E-state index contributed by atoms with van der Waals surface area (Å²) in [5, 5.41) is 22.2. The second-order valence-corrected chi connectivity index (χ2v) is 6.76. The number of aromatic nitrogens is 3. The van der Waals surface area contributed by atoms with Crippen molar-refractivity contribution in [2.45, 2.75) is 45.8 Å². The van der Waals surface area contributed by atoms with Gasteiger partial charge in [-0.25, -0.2) is 15.0 Å². The minimum atomic E-state index is -0.816. The Morgan fingerprint density at radius 3 is 2.52 bits per heavy atom. The Balaban J connectivity index is 1.90. The molecular weight excluding hydrogens is 348 g/mol. The first-order valence-electron chi connectivity index (χ1n) is 8.84. The van der Waals surface area contributed by atoms with Crippen LogP contribution in [0.1, 0.15) is 44.5 Å². The molecule has 27 heavy (non-hydrogen) atoms. The average Bonchev–Trinajstić information content (AvgIpc) is 3.14. The number of amides is 3. The lowest BCUT2D eigenvalue weighted by Crippen LogP contribution is -2.49. The molecule has 2 aromatic rings. The van der Waals surface area contributed by atoms with E-state index >= 15 is 0 Å². The monoisotopic (exact) mass is 374 g/mol. The fraction of sp³-hybridized carbons (Fsp3) is 0.444. The molecule has 0 bridgehead atoms. The van der Waals surface area contributed by atoms with Crippen LogP contribution in [0.15, 0.2) is 36.5 Å². The molecule has 1 unspecified atom stereocenters. The van der Waals surface area contributed by atoms with Crippen molar-refractivity contribution in [3.63, 3.8) is 0 Å². The molecule has 3 amide bonds. The molecule has 9 nitrogen and oxygen atoms in total. The molecule has 1 aromatic carbocycles. The zero-order valence-electron chi connectivity index (χ0n) is 15.7. The molecule has 0 aliphatic rings. The van der Waals surface area contributed by atoms with Crippen LogP contribution in [0.2, 0.25) is 0 Å². The van der Waals surface area contributed by atoms with E-state index in [2.05, 4.69) is 20.9 Å². The van der Waals surface area contributed by atoms with Crippen molar-refractivity contribution in [1.82, 2.24) is 31.1 Å². The van der Waals surface area contributed by atoms with Crippen molar-refractivity contribution in [2.75, 3.05) is 0 Å². The van der Waals surface area contributed by atoms with Gasteiger partial charge in [-0.3, -0.25) is 10.0 Å². The number of benzene rings is 1. The van der Waals surface area contributed by atoms with Crippen LogP contribution in [0.3, 0.4) is 0 Å². The molecule has 146 valence electrons. The molecular formula is C18H26N6O3. The van der Waals surface area contributed by atoms with Crippen LogP contribution in [-0.2, 0) is 11.3 Å². The van der Waals surface area contributed by atoms with E-state index in [0.717, 1.165) is 5.56 Å². The first kappa shape index (κ1) is 20.4. The molecule has 1 heterocycles. The van der Waals surface area contributed by atoms with E-state index in [1.807, 2.05) is 51.1 Å². The Kier molecular flexibility index (Phi) is 7.30. The predicted molar refractivity (Wildman–Crippen MR) is 98.8 cm³/mol. The van der Waals surface area contributed by atoms with Gasteiger partial charge in [-0.1, -0.05) is 49.4 Å². The Bertz CT molecular complexity index is 747. The highest BCUT2D eigenvalue weighted by Gasteiger charge is 2.21. The molecule has 0 spiro atoms. The molecule has 0 aliphatic carbocycles. The zero-order chi connectivity index (χ0) is 19.8. The number of nitrogens with one attached hydrogen (secondary N) is 3. The molecule has 2 atom stereocenters. The van der Waals surface area contributed by atoms with Crippen LogP contribution in [-0.4, -0.2) is 38.2 Å². The number of urea groups is 1. The summed E-state index contributed by atoms with van der Waals surface area (Å²) in [5.74, 6) is -0.478. The normalized spacial score (nSPS) is 13.1. The Morgan fingerprint density at radius 1 is 1.19 bits per heavy atom. The summed E-state index contributed by atoms with van der Waals surface area (Å²) in [5.41, 5.74) is 3.27. The average molecular weight is 374 g/mol. The van der Waals surface area contributed by atoms with Gasteiger partial charge in [0.2, 0.25) is 0 Å². The number of hydroxylamine groups is 1. The largest absolute Gasteiger partial charge is 0.332 e. The maximum absolute atomic E-state index is 12.1. The first-order valence-corrected chi connectivity index (χ1v) is 8.84. The quantitative estimate of drug-likeness (QED) is 0.413. The van der Waals surface area contributed by atoms with Crippen LogP contribution in [0.25, 0.3) is 0 Å². The third-order valence-electron chi connectivity index (χ3n) is 4.11. The topological polar surface area (TPSA) is 121 Å². The molecule has 0 radical (unpaired) electrons. The fourth-order valence-corrected chi connectivity index (χ4v) is 2.63. The van der Waals surface area contributed by atoms with Crippen LogP contribution in [0.4, 0.5) is 4.79 Å². The van der Waals surface area contributed by atoms with Crippen molar-refractivity contribution in [3.8, 4) is 0 Å².